The van der Waals surface area contributed by atoms with E-state index in [1.807, 2.05) is 32.0 Å². The second kappa shape index (κ2) is 7.68. The normalized spacial score (nSPS) is 17.0. The minimum atomic E-state index is -0.528. The van der Waals surface area contributed by atoms with Crippen molar-refractivity contribution in [1.29, 1.82) is 0 Å². The molecule has 0 saturated carbocycles. The summed E-state index contributed by atoms with van der Waals surface area (Å²) in [6.07, 6.45) is 1.45. The average Bonchev–Trinajstić information content (AvgIpc) is 2.64. The largest absolute Gasteiger partial charge is 0.338 e. The molecule has 1 saturated heterocycles. The number of nitrogens with one attached hydrogen (secondary N) is 1. The Labute approximate surface area is 153 Å². The number of halogens is 1. The molecule has 0 spiro atoms. The Morgan fingerprint density at radius 3 is 2.46 bits per heavy atom. The van der Waals surface area contributed by atoms with E-state index in [0.29, 0.717) is 13.1 Å². The molecule has 0 bridgehead atoms. The lowest BCUT2D eigenvalue weighted by atomic mass is 9.96. The molecule has 5 heteroatoms. The number of carbonyl (C=O) groups is 2. The Morgan fingerprint density at radius 2 is 1.77 bits per heavy atom. The van der Waals surface area contributed by atoms with E-state index >= 15 is 0 Å². The van der Waals surface area contributed by atoms with E-state index < -0.39 is 5.82 Å². The van der Waals surface area contributed by atoms with Gasteiger partial charge in [-0.3, -0.25) is 9.59 Å². The van der Waals surface area contributed by atoms with Gasteiger partial charge in [0, 0.05) is 18.8 Å². The number of likely N-dealkylation sites (tertiary alicyclic amines) is 1. The van der Waals surface area contributed by atoms with Gasteiger partial charge < -0.3 is 10.2 Å². The first-order chi connectivity index (χ1) is 12.5. The molecule has 0 aliphatic carbocycles. The summed E-state index contributed by atoms with van der Waals surface area (Å²) < 4.78 is 13.9. The Hall–Kier alpha value is -2.69. The van der Waals surface area contributed by atoms with Crippen molar-refractivity contribution < 1.29 is 14.0 Å². The number of piperidine rings is 1. The average molecular weight is 354 g/mol. The monoisotopic (exact) mass is 354 g/mol. The predicted molar refractivity (Wildman–Crippen MR) is 99.6 cm³/mol. The molecule has 1 fully saturated rings. The number of aryl methyl sites for hydroxylation is 2. The molecular weight excluding hydrogens is 331 g/mol. The number of anilines is 1. The molecule has 1 heterocycles. The van der Waals surface area contributed by atoms with Crippen LogP contribution in [0.5, 0.6) is 0 Å². The van der Waals surface area contributed by atoms with Gasteiger partial charge in [0.25, 0.3) is 5.91 Å². The third kappa shape index (κ3) is 3.77. The summed E-state index contributed by atoms with van der Waals surface area (Å²) in [6, 6.07) is 11.8. The summed E-state index contributed by atoms with van der Waals surface area (Å²) in [6.45, 7) is 4.76. The summed E-state index contributed by atoms with van der Waals surface area (Å²) in [4.78, 5) is 26.9. The van der Waals surface area contributed by atoms with Crippen molar-refractivity contribution >= 4 is 17.5 Å². The molecule has 0 radical (unpaired) electrons. The van der Waals surface area contributed by atoms with E-state index in [0.717, 1.165) is 29.7 Å². The summed E-state index contributed by atoms with van der Waals surface area (Å²) in [5.41, 5.74) is 2.90. The van der Waals surface area contributed by atoms with Gasteiger partial charge in [-0.1, -0.05) is 30.3 Å². The second-order valence-electron chi connectivity index (χ2n) is 6.83. The first-order valence-electron chi connectivity index (χ1n) is 8.88. The van der Waals surface area contributed by atoms with Crippen molar-refractivity contribution in [2.45, 2.75) is 26.7 Å². The predicted octanol–water partition coefficient (Wildman–Crippen LogP) is 3.93. The number of amides is 2. The van der Waals surface area contributed by atoms with Gasteiger partial charge >= 0.3 is 0 Å². The molecule has 1 aliphatic heterocycles. The van der Waals surface area contributed by atoms with Crippen LogP contribution in [-0.4, -0.2) is 29.8 Å². The SMILES string of the molecule is Cc1cccc(C)c1NC(=O)[C@H]1CCCN(C(=O)c2ccccc2F)C1. The van der Waals surface area contributed by atoms with Crippen LogP contribution in [-0.2, 0) is 4.79 Å². The highest BCUT2D eigenvalue weighted by molar-refractivity contribution is 5.97. The topological polar surface area (TPSA) is 49.4 Å². The third-order valence-electron chi connectivity index (χ3n) is 4.91. The van der Waals surface area contributed by atoms with Crippen molar-refractivity contribution in [3.63, 3.8) is 0 Å². The molecule has 2 aromatic rings. The fourth-order valence-corrected chi connectivity index (χ4v) is 3.42. The van der Waals surface area contributed by atoms with Gasteiger partial charge in [-0.15, -0.1) is 0 Å². The zero-order valence-corrected chi connectivity index (χ0v) is 15.1. The molecule has 2 aromatic carbocycles. The molecule has 26 heavy (non-hydrogen) atoms. The van der Waals surface area contributed by atoms with Crippen molar-refractivity contribution in [3.8, 4) is 0 Å². The van der Waals surface area contributed by atoms with Gasteiger partial charge in [-0.05, 0) is 49.9 Å². The Bertz CT molecular complexity index is 814. The van der Waals surface area contributed by atoms with Crippen LogP contribution >= 0.6 is 0 Å². The number of hydrogen-bond acceptors (Lipinski definition) is 2. The molecule has 4 nitrogen and oxygen atoms in total. The van der Waals surface area contributed by atoms with Crippen LogP contribution in [0, 0.1) is 25.6 Å². The number of hydrogen-bond donors (Lipinski definition) is 1. The van der Waals surface area contributed by atoms with E-state index in [2.05, 4.69) is 5.32 Å². The van der Waals surface area contributed by atoms with Crippen molar-refractivity contribution in [1.82, 2.24) is 4.90 Å². The minimum Gasteiger partial charge on any atom is -0.338 e. The van der Waals surface area contributed by atoms with Gasteiger partial charge in [-0.2, -0.15) is 0 Å². The lowest BCUT2D eigenvalue weighted by Gasteiger charge is -2.32. The highest BCUT2D eigenvalue weighted by atomic mass is 19.1. The van der Waals surface area contributed by atoms with Crippen LogP contribution in [0.4, 0.5) is 10.1 Å². The summed E-state index contributed by atoms with van der Waals surface area (Å²) in [5.74, 6) is -1.26. The van der Waals surface area contributed by atoms with E-state index in [9.17, 15) is 14.0 Å². The molecule has 136 valence electrons. The minimum absolute atomic E-state index is 0.0586. The summed E-state index contributed by atoms with van der Waals surface area (Å²) in [7, 11) is 0. The van der Waals surface area contributed by atoms with Crippen LogP contribution < -0.4 is 5.32 Å². The van der Waals surface area contributed by atoms with Crippen molar-refractivity contribution in [3.05, 3.63) is 65.0 Å². The first kappa shape index (κ1) is 18.1. The number of rotatable bonds is 3. The lowest BCUT2D eigenvalue weighted by molar-refractivity contribution is -0.121. The van der Waals surface area contributed by atoms with Gasteiger partial charge in [0.1, 0.15) is 5.82 Å². The molecule has 1 atom stereocenters. The fraction of sp³-hybridized carbons (Fsp3) is 0.333. The third-order valence-corrected chi connectivity index (χ3v) is 4.91. The number of nitrogens with zero attached hydrogens (tertiary/aromatic N) is 1. The summed E-state index contributed by atoms with van der Waals surface area (Å²) in [5, 5.41) is 3.01. The van der Waals surface area contributed by atoms with E-state index in [4.69, 9.17) is 0 Å². The van der Waals surface area contributed by atoms with Gasteiger partial charge in [0.05, 0.1) is 11.5 Å². The zero-order chi connectivity index (χ0) is 18.7. The van der Waals surface area contributed by atoms with Crippen LogP contribution in [0.1, 0.15) is 34.3 Å². The quantitative estimate of drug-likeness (QED) is 0.908. The van der Waals surface area contributed by atoms with Gasteiger partial charge in [0.15, 0.2) is 0 Å². The molecular formula is C21H23FN2O2. The Kier molecular flexibility index (Phi) is 5.35. The highest BCUT2D eigenvalue weighted by Gasteiger charge is 2.30. The molecule has 1 aliphatic rings. The molecule has 3 rings (SSSR count). The van der Waals surface area contributed by atoms with Crippen LogP contribution in [0.15, 0.2) is 42.5 Å². The van der Waals surface area contributed by atoms with Crippen LogP contribution in [0.2, 0.25) is 0 Å². The highest BCUT2D eigenvalue weighted by Crippen LogP contribution is 2.24. The smallest absolute Gasteiger partial charge is 0.256 e. The fourth-order valence-electron chi connectivity index (χ4n) is 3.42. The lowest BCUT2D eigenvalue weighted by Crippen LogP contribution is -2.44. The van der Waals surface area contributed by atoms with Crippen LogP contribution in [0.25, 0.3) is 0 Å². The molecule has 0 unspecified atom stereocenters. The first-order valence-corrected chi connectivity index (χ1v) is 8.88. The molecule has 0 aromatic heterocycles. The van der Waals surface area contributed by atoms with Gasteiger partial charge in [0.2, 0.25) is 5.91 Å². The Morgan fingerprint density at radius 1 is 1.08 bits per heavy atom. The number of benzene rings is 2. The second-order valence-corrected chi connectivity index (χ2v) is 6.83. The Balaban J connectivity index is 1.71. The van der Waals surface area contributed by atoms with E-state index in [-0.39, 0.29) is 23.3 Å². The van der Waals surface area contributed by atoms with E-state index in [1.54, 1.807) is 17.0 Å². The van der Waals surface area contributed by atoms with Crippen molar-refractivity contribution in [2.75, 3.05) is 18.4 Å². The molecule has 1 N–H and O–H groups in total. The van der Waals surface area contributed by atoms with Crippen LogP contribution in [0.3, 0.4) is 0 Å². The maximum absolute atomic E-state index is 13.9. The van der Waals surface area contributed by atoms with E-state index in [1.165, 1.54) is 12.1 Å². The summed E-state index contributed by atoms with van der Waals surface area (Å²) >= 11 is 0. The molecule has 2 amide bonds. The van der Waals surface area contributed by atoms with Gasteiger partial charge in [-0.25, -0.2) is 4.39 Å². The maximum atomic E-state index is 13.9. The number of carbonyl (C=O) groups excluding carboxylic acids is 2. The maximum Gasteiger partial charge on any atom is 0.256 e. The van der Waals surface area contributed by atoms with Crippen molar-refractivity contribution in [2.24, 2.45) is 5.92 Å². The standard InChI is InChI=1S/C21H23FN2O2/c1-14-7-5-8-15(2)19(14)23-20(25)16-9-6-12-24(13-16)21(26)17-10-3-4-11-18(17)22/h3-5,7-8,10-11,16H,6,9,12-13H2,1-2H3,(H,23,25)/t16-/m0/s1. The number of para-hydroxylation sites is 1. The zero-order valence-electron chi connectivity index (χ0n) is 15.1.